The molecule has 1 atom stereocenters. The van der Waals surface area contributed by atoms with Crippen LogP contribution in [-0.4, -0.2) is 60.7 Å². The highest BCUT2D eigenvalue weighted by Crippen LogP contribution is 2.11. The molecule has 1 aromatic rings. The molecule has 1 fully saturated rings. The molecule has 1 aliphatic heterocycles. The van der Waals surface area contributed by atoms with Crippen molar-refractivity contribution in [3.63, 3.8) is 0 Å². The monoisotopic (exact) mass is 280 g/mol. The van der Waals surface area contributed by atoms with Gasteiger partial charge in [-0.15, -0.1) is 0 Å². The number of ether oxygens (including phenoxy) is 1. The Labute approximate surface area is 119 Å². The lowest BCUT2D eigenvalue weighted by molar-refractivity contribution is 0.0381. The normalized spacial score (nSPS) is 18.1. The number of aromatic nitrogens is 1. The molecular weight excluding hydrogens is 256 g/mol. The summed E-state index contributed by atoms with van der Waals surface area (Å²) in [6.07, 6.45) is 1.76. The minimum atomic E-state index is -0.205. The summed E-state index contributed by atoms with van der Waals surface area (Å²) >= 11 is 0. The van der Waals surface area contributed by atoms with Gasteiger partial charge in [-0.3, -0.25) is 9.69 Å². The summed E-state index contributed by atoms with van der Waals surface area (Å²) in [4.78, 5) is 14.6. The van der Waals surface area contributed by atoms with E-state index in [0.717, 1.165) is 39.4 Å². The van der Waals surface area contributed by atoms with E-state index in [0.29, 0.717) is 11.4 Å². The van der Waals surface area contributed by atoms with Gasteiger partial charge in [0.25, 0.3) is 0 Å². The summed E-state index contributed by atoms with van der Waals surface area (Å²) in [7, 11) is 1.84. The van der Waals surface area contributed by atoms with Gasteiger partial charge in [-0.2, -0.15) is 0 Å². The van der Waals surface area contributed by atoms with Crippen LogP contribution in [0.25, 0.3) is 0 Å². The van der Waals surface area contributed by atoms with Crippen LogP contribution in [0.2, 0.25) is 0 Å². The van der Waals surface area contributed by atoms with Gasteiger partial charge in [0, 0.05) is 39.4 Å². The molecule has 0 spiro atoms. The molecule has 0 radical (unpaired) electrons. The zero-order chi connectivity index (χ0) is 14.5. The van der Waals surface area contributed by atoms with Gasteiger partial charge in [-0.05, 0) is 13.0 Å². The molecule has 1 aromatic heterocycles. The first-order chi connectivity index (χ1) is 9.58. The number of carbonyl (C=O) groups is 1. The van der Waals surface area contributed by atoms with E-state index in [1.807, 2.05) is 14.0 Å². The fourth-order valence-electron chi connectivity index (χ4n) is 2.41. The first-order valence-electron chi connectivity index (χ1n) is 7.07. The van der Waals surface area contributed by atoms with Crippen LogP contribution in [0.15, 0.2) is 12.3 Å². The Bertz CT molecular complexity index is 452. The van der Waals surface area contributed by atoms with E-state index in [1.165, 1.54) is 0 Å². The number of hydrogen-bond donors (Lipinski definition) is 2. The van der Waals surface area contributed by atoms with Gasteiger partial charge in [0.15, 0.2) is 5.78 Å². The molecule has 1 saturated heterocycles. The van der Waals surface area contributed by atoms with Crippen molar-refractivity contribution in [2.75, 3.05) is 45.1 Å². The number of ketones is 1. The van der Waals surface area contributed by atoms with Crippen LogP contribution in [-0.2, 0) is 11.8 Å². The Morgan fingerprint density at radius 3 is 2.80 bits per heavy atom. The lowest BCUT2D eigenvalue weighted by atomic mass is 10.1. The van der Waals surface area contributed by atoms with Gasteiger partial charge in [0.2, 0.25) is 0 Å². The second-order valence-corrected chi connectivity index (χ2v) is 5.26. The minimum Gasteiger partial charge on any atom is -0.397 e. The maximum Gasteiger partial charge on any atom is 0.195 e. The molecule has 0 aliphatic carbocycles. The fourth-order valence-corrected chi connectivity index (χ4v) is 2.41. The van der Waals surface area contributed by atoms with E-state index in [9.17, 15) is 4.79 Å². The molecule has 0 saturated carbocycles. The average molecular weight is 280 g/mol. The SMILES string of the molecule is CC(NCCN1CCOCC1)C(=O)c1cc(N)cn1C. The summed E-state index contributed by atoms with van der Waals surface area (Å²) in [5, 5.41) is 3.28. The van der Waals surface area contributed by atoms with Crippen molar-refractivity contribution in [2.45, 2.75) is 13.0 Å². The highest BCUT2D eigenvalue weighted by atomic mass is 16.5. The molecule has 2 rings (SSSR count). The second-order valence-electron chi connectivity index (χ2n) is 5.26. The van der Waals surface area contributed by atoms with E-state index < -0.39 is 0 Å². The number of nitrogens with zero attached hydrogens (tertiary/aromatic N) is 2. The quantitative estimate of drug-likeness (QED) is 0.723. The number of nitrogens with one attached hydrogen (secondary N) is 1. The first kappa shape index (κ1) is 15.0. The van der Waals surface area contributed by atoms with Crippen LogP contribution in [0.1, 0.15) is 17.4 Å². The summed E-state index contributed by atoms with van der Waals surface area (Å²) in [6.45, 7) is 7.18. The van der Waals surface area contributed by atoms with Gasteiger partial charge in [-0.1, -0.05) is 0 Å². The lowest BCUT2D eigenvalue weighted by Gasteiger charge is -2.27. The van der Waals surface area contributed by atoms with E-state index in [2.05, 4.69) is 10.2 Å². The molecule has 20 heavy (non-hydrogen) atoms. The Hall–Kier alpha value is -1.37. The zero-order valence-corrected chi connectivity index (χ0v) is 12.3. The fraction of sp³-hybridized carbons (Fsp3) is 0.643. The first-order valence-corrected chi connectivity index (χ1v) is 7.07. The topological polar surface area (TPSA) is 72.5 Å². The second kappa shape index (κ2) is 6.88. The predicted octanol–water partition coefficient (Wildman–Crippen LogP) is 0.100. The van der Waals surface area contributed by atoms with Crippen molar-refractivity contribution >= 4 is 11.5 Å². The van der Waals surface area contributed by atoms with Crippen LogP contribution >= 0.6 is 0 Å². The summed E-state index contributed by atoms with van der Waals surface area (Å²) in [5.74, 6) is 0.0752. The largest absolute Gasteiger partial charge is 0.397 e. The van der Waals surface area contributed by atoms with Gasteiger partial charge in [-0.25, -0.2) is 0 Å². The maximum atomic E-state index is 12.3. The molecule has 2 heterocycles. The smallest absolute Gasteiger partial charge is 0.195 e. The average Bonchev–Trinajstić information content (AvgIpc) is 2.78. The molecule has 6 nitrogen and oxygen atoms in total. The van der Waals surface area contributed by atoms with Gasteiger partial charge in [0.05, 0.1) is 30.6 Å². The number of Topliss-reactive ketones (excluding diaryl/α,β-unsaturated/α-hetero) is 1. The summed E-state index contributed by atoms with van der Waals surface area (Å²) in [5.41, 5.74) is 6.97. The van der Waals surface area contributed by atoms with Crippen molar-refractivity contribution in [2.24, 2.45) is 7.05 Å². The number of carbonyl (C=O) groups excluding carboxylic acids is 1. The summed E-state index contributed by atoms with van der Waals surface area (Å²) < 4.78 is 7.08. The highest BCUT2D eigenvalue weighted by Gasteiger charge is 2.18. The molecular formula is C14H24N4O2. The third-order valence-corrected chi connectivity index (χ3v) is 3.65. The predicted molar refractivity (Wildman–Crippen MR) is 78.9 cm³/mol. The van der Waals surface area contributed by atoms with E-state index in [4.69, 9.17) is 10.5 Å². The lowest BCUT2D eigenvalue weighted by Crippen LogP contribution is -2.43. The van der Waals surface area contributed by atoms with Crippen molar-refractivity contribution in [1.82, 2.24) is 14.8 Å². The number of nitrogens with two attached hydrogens (primary N) is 1. The molecule has 0 amide bonds. The van der Waals surface area contributed by atoms with E-state index >= 15 is 0 Å². The minimum absolute atomic E-state index is 0.0752. The Balaban J connectivity index is 1.77. The van der Waals surface area contributed by atoms with Gasteiger partial charge >= 0.3 is 0 Å². The van der Waals surface area contributed by atoms with E-state index in [-0.39, 0.29) is 11.8 Å². The van der Waals surface area contributed by atoms with E-state index in [1.54, 1.807) is 16.8 Å². The summed E-state index contributed by atoms with van der Waals surface area (Å²) in [6, 6.07) is 1.52. The molecule has 3 N–H and O–H groups in total. The Morgan fingerprint density at radius 2 is 2.20 bits per heavy atom. The van der Waals surface area contributed by atoms with Crippen LogP contribution in [0.3, 0.4) is 0 Å². The number of aryl methyl sites for hydroxylation is 1. The molecule has 112 valence electrons. The number of rotatable bonds is 6. The van der Waals surface area contributed by atoms with Crippen molar-refractivity contribution < 1.29 is 9.53 Å². The number of nitrogen functional groups attached to an aromatic ring is 1. The van der Waals surface area contributed by atoms with Crippen LogP contribution in [0.5, 0.6) is 0 Å². The standard InChI is InChI=1S/C14H24N4O2/c1-11(14(19)13-9-12(15)10-17(13)2)16-3-4-18-5-7-20-8-6-18/h9-11,16H,3-8,15H2,1-2H3. The van der Waals surface area contributed by atoms with Crippen molar-refractivity contribution in [3.8, 4) is 0 Å². The highest BCUT2D eigenvalue weighted by molar-refractivity contribution is 5.99. The molecule has 1 unspecified atom stereocenters. The third kappa shape index (κ3) is 3.82. The van der Waals surface area contributed by atoms with Gasteiger partial charge in [0.1, 0.15) is 0 Å². The molecule has 0 aromatic carbocycles. The van der Waals surface area contributed by atoms with Crippen LogP contribution in [0.4, 0.5) is 5.69 Å². The number of anilines is 1. The van der Waals surface area contributed by atoms with Gasteiger partial charge < -0.3 is 20.4 Å². The molecule has 6 heteroatoms. The van der Waals surface area contributed by atoms with Crippen LogP contribution in [0, 0.1) is 0 Å². The number of hydrogen-bond acceptors (Lipinski definition) is 5. The van der Waals surface area contributed by atoms with Crippen molar-refractivity contribution in [3.05, 3.63) is 18.0 Å². The Morgan fingerprint density at radius 1 is 1.50 bits per heavy atom. The molecule has 1 aliphatic rings. The number of morpholine rings is 1. The van der Waals surface area contributed by atoms with Crippen LogP contribution < -0.4 is 11.1 Å². The zero-order valence-electron chi connectivity index (χ0n) is 12.3. The van der Waals surface area contributed by atoms with Crippen molar-refractivity contribution in [1.29, 1.82) is 0 Å². The third-order valence-electron chi connectivity index (χ3n) is 3.65. The Kier molecular flexibility index (Phi) is 5.17. The molecule has 0 bridgehead atoms. The maximum absolute atomic E-state index is 12.3.